The molecule has 0 aliphatic rings. The number of benzene rings is 2. The molecule has 0 spiro atoms. The average Bonchev–Trinajstić information content (AvgIpc) is 2.65. The summed E-state index contributed by atoms with van der Waals surface area (Å²) in [7, 11) is 1.63. The van der Waals surface area contributed by atoms with Gasteiger partial charge >= 0.3 is 12.6 Å². The predicted octanol–water partition coefficient (Wildman–Crippen LogP) is 3.35. The predicted molar refractivity (Wildman–Crippen MR) is 94.4 cm³/mol. The van der Waals surface area contributed by atoms with E-state index in [1.807, 2.05) is 0 Å². The van der Waals surface area contributed by atoms with E-state index in [0.29, 0.717) is 17.9 Å². The van der Waals surface area contributed by atoms with Crippen molar-refractivity contribution in [3.8, 4) is 11.5 Å². The summed E-state index contributed by atoms with van der Waals surface area (Å²) < 4.78 is 33.6. The maximum Gasteiger partial charge on any atom is 0.387 e. The number of halogens is 2. The SMILES string of the molecule is CN(C(=O)CCc1ccc(OC(F)F)cc1)c1ccc(OCC(=O)O)cc1. The number of anilines is 1. The zero-order chi connectivity index (χ0) is 19.8. The van der Waals surface area contributed by atoms with Crippen LogP contribution in [0.1, 0.15) is 12.0 Å². The average molecular weight is 379 g/mol. The highest BCUT2D eigenvalue weighted by Gasteiger charge is 2.12. The topological polar surface area (TPSA) is 76.1 Å². The molecule has 2 rings (SSSR count). The normalized spacial score (nSPS) is 10.5. The van der Waals surface area contributed by atoms with Crippen molar-refractivity contribution in [2.24, 2.45) is 0 Å². The Morgan fingerprint density at radius 2 is 1.63 bits per heavy atom. The van der Waals surface area contributed by atoms with Gasteiger partial charge in [0, 0.05) is 19.2 Å². The molecule has 6 nitrogen and oxygen atoms in total. The first kappa shape index (κ1) is 20.2. The number of hydrogen-bond donors (Lipinski definition) is 1. The Hall–Kier alpha value is -3.16. The van der Waals surface area contributed by atoms with Crippen molar-refractivity contribution in [3.63, 3.8) is 0 Å². The number of alkyl halides is 2. The second kappa shape index (κ2) is 9.51. The van der Waals surface area contributed by atoms with Gasteiger partial charge in [-0.1, -0.05) is 12.1 Å². The van der Waals surface area contributed by atoms with Crippen LogP contribution < -0.4 is 14.4 Å². The Morgan fingerprint density at radius 3 is 2.19 bits per heavy atom. The van der Waals surface area contributed by atoms with Crippen molar-refractivity contribution in [2.75, 3.05) is 18.6 Å². The van der Waals surface area contributed by atoms with Gasteiger partial charge in [-0.25, -0.2) is 4.79 Å². The molecule has 1 N–H and O–H groups in total. The van der Waals surface area contributed by atoms with Crippen LogP contribution in [0, 0.1) is 0 Å². The number of carbonyl (C=O) groups excluding carboxylic acids is 1. The second-order valence-electron chi connectivity index (χ2n) is 5.65. The highest BCUT2D eigenvalue weighted by molar-refractivity contribution is 5.92. The zero-order valence-electron chi connectivity index (χ0n) is 14.6. The fourth-order valence-electron chi connectivity index (χ4n) is 2.31. The monoisotopic (exact) mass is 379 g/mol. The number of amides is 1. The lowest BCUT2D eigenvalue weighted by Crippen LogP contribution is -2.26. The van der Waals surface area contributed by atoms with Crippen molar-refractivity contribution in [1.82, 2.24) is 0 Å². The number of aryl methyl sites for hydroxylation is 1. The van der Waals surface area contributed by atoms with Gasteiger partial charge in [-0.15, -0.1) is 0 Å². The Bertz CT molecular complexity index is 763. The minimum atomic E-state index is -2.87. The molecular formula is C19H19F2NO5. The smallest absolute Gasteiger partial charge is 0.387 e. The Labute approximate surface area is 154 Å². The van der Waals surface area contributed by atoms with E-state index in [1.165, 1.54) is 17.0 Å². The van der Waals surface area contributed by atoms with E-state index >= 15 is 0 Å². The number of aliphatic carboxylic acids is 1. The lowest BCUT2D eigenvalue weighted by atomic mass is 10.1. The number of nitrogens with zero attached hydrogens (tertiary/aromatic N) is 1. The molecule has 2 aromatic carbocycles. The molecule has 8 heteroatoms. The van der Waals surface area contributed by atoms with Crippen LogP contribution in [0.15, 0.2) is 48.5 Å². The third-order valence-corrected chi connectivity index (χ3v) is 3.74. The molecule has 0 aliphatic carbocycles. The summed E-state index contributed by atoms with van der Waals surface area (Å²) in [5.41, 5.74) is 1.47. The largest absolute Gasteiger partial charge is 0.482 e. The minimum Gasteiger partial charge on any atom is -0.482 e. The molecule has 0 radical (unpaired) electrons. The first-order valence-corrected chi connectivity index (χ1v) is 8.10. The summed E-state index contributed by atoms with van der Waals surface area (Å²) in [5.74, 6) is -0.724. The van der Waals surface area contributed by atoms with E-state index in [2.05, 4.69) is 4.74 Å². The van der Waals surface area contributed by atoms with E-state index in [-0.39, 0.29) is 18.1 Å². The van der Waals surface area contributed by atoms with Gasteiger partial charge in [-0.3, -0.25) is 4.79 Å². The van der Waals surface area contributed by atoms with Gasteiger partial charge in [0.25, 0.3) is 0 Å². The van der Waals surface area contributed by atoms with Gasteiger partial charge in [0.2, 0.25) is 5.91 Å². The van der Waals surface area contributed by atoms with Gasteiger partial charge in [0.1, 0.15) is 11.5 Å². The molecule has 0 fully saturated rings. The highest BCUT2D eigenvalue weighted by atomic mass is 19.3. The summed E-state index contributed by atoms with van der Waals surface area (Å²) in [6.07, 6.45) is 0.695. The summed E-state index contributed by atoms with van der Waals surface area (Å²) >= 11 is 0. The molecule has 0 bridgehead atoms. The van der Waals surface area contributed by atoms with Crippen molar-refractivity contribution in [1.29, 1.82) is 0 Å². The number of rotatable bonds is 9. The summed E-state index contributed by atoms with van der Waals surface area (Å²) in [6.45, 7) is -3.30. The van der Waals surface area contributed by atoms with E-state index in [4.69, 9.17) is 9.84 Å². The molecule has 0 saturated carbocycles. The summed E-state index contributed by atoms with van der Waals surface area (Å²) in [6, 6.07) is 12.6. The van der Waals surface area contributed by atoms with Gasteiger partial charge in [-0.05, 0) is 48.4 Å². The molecule has 27 heavy (non-hydrogen) atoms. The number of carboxylic acids is 1. The van der Waals surface area contributed by atoms with E-state index in [9.17, 15) is 18.4 Å². The fraction of sp³-hybridized carbons (Fsp3) is 0.263. The third-order valence-electron chi connectivity index (χ3n) is 3.74. The van der Waals surface area contributed by atoms with Crippen LogP contribution in [0.25, 0.3) is 0 Å². The molecule has 144 valence electrons. The van der Waals surface area contributed by atoms with Gasteiger partial charge < -0.3 is 19.5 Å². The zero-order valence-corrected chi connectivity index (χ0v) is 14.6. The number of ether oxygens (including phenoxy) is 2. The Kier molecular flexibility index (Phi) is 7.10. The Balaban J connectivity index is 1.86. The summed E-state index contributed by atoms with van der Waals surface area (Å²) in [4.78, 5) is 24.3. The quantitative estimate of drug-likeness (QED) is 0.723. The molecular weight excluding hydrogens is 360 g/mol. The van der Waals surface area contributed by atoms with Crippen LogP contribution in [-0.2, 0) is 16.0 Å². The van der Waals surface area contributed by atoms with Crippen LogP contribution in [-0.4, -0.2) is 37.2 Å². The number of carbonyl (C=O) groups is 2. The second-order valence-corrected chi connectivity index (χ2v) is 5.65. The van der Waals surface area contributed by atoms with Gasteiger partial charge in [0.15, 0.2) is 6.61 Å². The standard InChI is InChI=1S/C19H19F2NO5/c1-22(14-5-9-15(10-6-14)26-12-18(24)25)17(23)11-4-13-2-7-16(8-3-13)27-19(20)21/h2-3,5-10,19H,4,11-12H2,1H3,(H,24,25). The summed E-state index contributed by atoms with van der Waals surface area (Å²) in [5, 5.41) is 8.58. The molecule has 0 atom stereocenters. The molecule has 0 aliphatic heterocycles. The van der Waals surface area contributed by atoms with E-state index < -0.39 is 19.2 Å². The van der Waals surface area contributed by atoms with Crippen LogP contribution in [0.4, 0.5) is 14.5 Å². The molecule has 0 unspecified atom stereocenters. The van der Waals surface area contributed by atoms with Crippen molar-refractivity contribution in [3.05, 3.63) is 54.1 Å². The molecule has 2 aromatic rings. The maximum absolute atomic E-state index is 12.3. The maximum atomic E-state index is 12.3. The van der Waals surface area contributed by atoms with Crippen molar-refractivity contribution >= 4 is 17.6 Å². The van der Waals surface area contributed by atoms with Crippen LogP contribution in [0.3, 0.4) is 0 Å². The molecule has 1 amide bonds. The molecule has 0 aromatic heterocycles. The van der Waals surface area contributed by atoms with Crippen molar-refractivity contribution < 1.29 is 33.0 Å². The van der Waals surface area contributed by atoms with E-state index in [1.54, 1.807) is 43.4 Å². The van der Waals surface area contributed by atoms with Crippen molar-refractivity contribution in [2.45, 2.75) is 19.5 Å². The molecule has 0 heterocycles. The molecule has 0 saturated heterocycles. The third kappa shape index (κ3) is 6.58. The van der Waals surface area contributed by atoms with Crippen LogP contribution >= 0.6 is 0 Å². The lowest BCUT2D eigenvalue weighted by Gasteiger charge is -2.18. The minimum absolute atomic E-state index is 0.0717. The van der Waals surface area contributed by atoms with Crippen LogP contribution in [0.5, 0.6) is 11.5 Å². The number of carboxylic acid groups (broad SMARTS) is 1. The lowest BCUT2D eigenvalue weighted by molar-refractivity contribution is -0.139. The number of hydrogen-bond acceptors (Lipinski definition) is 4. The first-order chi connectivity index (χ1) is 12.8. The Morgan fingerprint density at radius 1 is 1.04 bits per heavy atom. The van der Waals surface area contributed by atoms with Crippen LogP contribution in [0.2, 0.25) is 0 Å². The van der Waals surface area contributed by atoms with Gasteiger partial charge in [-0.2, -0.15) is 8.78 Å². The highest BCUT2D eigenvalue weighted by Crippen LogP contribution is 2.20. The fourth-order valence-corrected chi connectivity index (χ4v) is 2.31. The van der Waals surface area contributed by atoms with E-state index in [0.717, 1.165) is 5.56 Å². The van der Waals surface area contributed by atoms with Gasteiger partial charge in [0.05, 0.1) is 0 Å². The first-order valence-electron chi connectivity index (χ1n) is 8.10.